The molecule has 1 aromatic carbocycles. The molecule has 0 aliphatic rings. The lowest BCUT2D eigenvalue weighted by molar-refractivity contribution is 0.0926. The van der Waals surface area contributed by atoms with Crippen LogP contribution >= 0.6 is 11.8 Å². The van der Waals surface area contributed by atoms with Gasteiger partial charge in [-0.3, -0.25) is 4.79 Å². The van der Waals surface area contributed by atoms with E-state index >= 15 is 0 Å². The summed E-state index contributed by atoms with van der Waals surface area (Å²) in [5.74, 6) is -0.0680. The van der Waals surface area contributed by atoms with E-state index in [0.29, 0.717) is 25.3 Å². The predicted molar refractivity (Wildman–Crippen MR) is 76.2 cm³/mol. The molecule has 0 spiro atoms. The Labute approximate surface area is 113 Å². The van der Waals surface area contributed by atoms with Crippen molar-refractivity contribution in [3.8, 4) is 0 Å². The van der Waals surface area contributed by atoms with Gasteiger partial charge in [-0.25, -0.2) is 0 Å². The molecule has 18 heavy (non-hydrogen) atoms. The molecule has 1 amide bonds. The summed E-state index contributed by atoms with van der Waals surface area (Å²) in [5.41, 5.74) is 1.65. The fraction of sp³-hybridized carbons (Fsp3) is 0.357. The van der Waals surface area contributed by atoms with Crippen molar-refractivity contribution in [2.24, 2.45) is 0 Å². The second kappa shape index (κ2) is 7.95. The van der Waals surface area contributed by atoms with Crippen LogP contribution in [0.4, 0.5) is 0 Å². The van der Waals surface area contributed by atoms with Gasteiger partial charge >= 0.3 is 0 Å². The molecule has 0 radical (unpaired) electrons. The predicted octanol–water partition coefficient (Wildman–Crippen LogP) is 2.73. The number of benzene rings is 1. The molecule has 4 heteroatoms. The lowest BCUT2D eigenvalue weighted by Gasteiger charge is -2.06. The van der Waals surface area contributed by atoms with Crippen molar-refractivity contribution < 1.29 is 9.53 Å². The minimum Gasteiger partial charge on any atom is -0.375 e. The molecule has 1 N–H and O–H groups in total. The zero-order valence-corrected chi connectivity index (χ0v) is 11.7. The van der Waals surface area contributed by atoms with Crippen molar-refractivity contribution in [3.63, 3.8) is 0 Å². The van der Waals surface area contributed by atoms with Crippen LogP contribution in [0.3, 0.4) is 0 Å². The van der Waals surface area contributed by atoms with Crippen LogP contribution in [0.1, 0.15) is 17.3 Å². The topological polar surface area (TPSA) is 38.3 Å². The van der Waals surface area contributed by atoms with Gasteiger partial charge in [0, 0.05) is 17.0 Å². The smallest absolute Gasteiger partial charge is 0.251 e. The Balaban J connectivity index is 2.29. The third-order valence-corrected chi connectivity index (χ3v) is 2.98. The number of carbonyl (C=O) groups excluding carboxylic acids is 1. The third kappa shape index (κ3) is 5.38. The fourth-order valence-corrected chi connectivity index (χ4v) is 1.74. The number of carbonyl (C=O) groups is 1. The van der Waals surface area contributed by atoms with Gasteiger partial charge in [-0.05, 0) is 37.4 Å². The maximum Gasteiger partial charge on any atom is 0.251 e. The highest BCUT2D eigenvalue weighted by atomic mass is 32.2. The number of nitrogens with one attached hydrogen (secondary N) is 1. The summed E-state index contributed by atoms with van der Waals surface area (Å²) in [7, 11) is 0. The van der Waals surface area contributed by atoms with E-state index in [9.17, 15) is 4.79 Å². The van der Waals surface area contributed by atoms with Gasteiger partial charge < -0.3 is 10.1 Å². The minimum atomic E-state index is -0.0680. The van der Waals surface area contributed by atoms with Crippen molar-refractivity contribution in [1.82, 2.24) is 5.32 Å². The number of amides is 1. The van der Waals surface area contributed by atoms with Crippen LogP contribution in [0.5, 0.6) is 0 Å². The Morgan fingerprint density at radius 3 is 2.61 bits per heavy atom. The number of ether oxygens (including phenoxy) is 1. The first kappa shape index (κ1) is 14.8. The zero-order chi connectivity index (χ0) is 13.4. The average molecular weight is 265 g/mol. The van der Waals surface area contributed by atoms with E-state index in [2.05, 4.69) is 11.9 Å². The van der Waals surface area contributed by atoms with Crippen LogP contribution in [0.25, 0.3) is 0 Å². The molecule has 0 unspecified atom stereocenters. The summed E-state index contributed by atoms with van der Waals surface area (Å²) >= 11 is 1.66. The van der Waals surface area contributed by atoms with Crippen molar-refractivity contribution in [3.05, 3.63) is 42.0 Å². The molecule has 0 saturated heterocycles. The average Bonchev–Trinajstić information content (AvgIpc) is 2.38. The van der Waals surface area contributed by atoms with Crippen molar-refractivity contribution >= 4 is 17.7 Å². The lowest BCUT2D eigenvalue weighted by Crippen LogP contribution is -2.27. The fourth-order valence-electron chi connectivity index (χ4n) is 1.33. The molecule has 0 atom stereocenters. The Morgan fingerprint density at radius 1 is 1.39 bits per heavy atom. The van der Waals surface area contributed by atoms with Gasteiger partial charge in [-0.1, -0.05) is 12.2 Å². The van der Waals surface area contributed by atoms with Crippen molar-refractivity contribution in [2.75, 3.05) is 26.0 Å². The maximum atomic E-state index is 11.8. The van der Waals surface area contributed by atoms with E-state index in [1.165, 1.54) is 0 Å². The van der Waals surface area contributed by atoms with Crippen LogP contribution in [-0.2, 0) is 4.74 Å². The van der Waals surface area contributed by atoms with Crippen molar-refractivity contribution in [1.29, 1.82) is 0 Å². The largest absolute Gasteiger partial charge is 0.375 e. The van der Waals surface area contributed by atoms with Crippen LogP contribution < -0.4 is 5.32 Å². The molecule has 98 valence electrons. The van der Waals surface area contributed by atoms with Gasteiger partial charge in [0.25, 0.3) is 5.91 Å². The molecule has 0 fully saturated rings. The number of hydrogen-bond donors (Lipinski definition) is 1. The quantitative estimate of drug-likeness (QED) is 0.468. The first-order valence-corrected chi connectivity index (χ1v) is 7.00. The van der Waals surface area contributed by atoms with E-state index in [0.717, 1.165) is 10.5 Å². The van der Waals surface area contributed by atoms with E-state index < -0.39 is 0 Å². The Kier molecular flexibility index (Phi) is 6.54. The highest BCUT2D eigenvalue weighted by Crippen LogP contribution is 2.14. The third-order valence-electron chi connectivity index (χ3n) is 2.23. The summed E-state index contributed by atoms with van der Waals surface area (Å²) in [6, 6.07) is 7.54. The van der Waals surface area contributed by atoms with E-state index in [1.54, 1.807) is 11.8 Å². The molecular formula is C14H19NO2S. The molecule has 0 saturated carbocycles. The molecule has 1 rings (SSSR count). The number of thioether (sulfide) groups is 1. The summed E-state index contributed by atoms with van der Waals surface area (Å²) < 4.78 is 5.30. The van der Waals surface area contributed by atoms with Gasteiger partial charge in [-0.2, -0.15) is 0 Å². The second-order valence-corrected chi connectivity index (χ2v) is 4.87. The molecule has 0 heterocycles. The van der Waals surface area contributed by atoms with E-state index in [4.69, 9.17) is 4.74 Å². The normalized spacial score (nSPS) is 10.1. The van der Waals surface area contributed by atoms with Crippen molar-refractivity contribution in [2.45, 2.75) is 11.8 Å². The highest BCUT2D eigenvalue weighted by Gasteiger charge is 2.04. The first-order chi connectivity index (χ1) is 8.63. The van der Waals surface area contributed by atoms with Gasteiger partial charge in [0.15, 0.2) is 0 Å². The molecule has 0 aliphatic carbocycles. The van der Waals surface area contributed by atoms with Crippen LogP contribution in [0.2, 0.25) is 0 Å². The van der Waals surface area contributed by atoms with Gasteiger partial charge in [0.1, 0.15) is 0 Å². The molecule has 0 aliphatic heterocycles. The van der Waals surface area contributed by atoms with Gasteiger partial charge in [0.05, 0.1) is 13.2 Å². The standard InChI is InChI=1S/C14H19NO2S/c1-11(2)10-17-9-8-15-14(16)12-4-6-13(18-3)7-5-12/h4-7H,1,8-10H2,2-3H3,(H,15,16). The summed E-state index contributed by atoms with van der Waals surface area (Å²) in [4.78, 5) is 12.9. The summed E-state index contributed by atoms with van der Waals surface area (Å²) in [6.07, 6.45) is 2.01. The number of rotatable bonds is 7. The van der Waals surface area contributed by atoms with Crippen LogP contribution in [-0.4, -0.2) is 31.9 Å². The Morgan fingerprint density at radius 2 is 2.06 bits per heavy atom. The molecule has 1 aromatic rings. The highest BCUT2D eigenvalue weighted by molar-refractivity contribution is 7.98. The summed E-state index contributed by atoms with van der Waals surface area (Å²) in [6.45, 7) is 7.20. The van der Waals surface area contributed by atoms with E-state index in [1.807, 2.05) is 37.4 Å². The van der Waals surface area contributed by atoms with Gasteiger partial charge in [-0.15, -0.1) is 11.8 Å². The van der Waals surface area contributed by atoms with E-state index in [-0.39, 0.29) is 5.91 Å². The minimum absolute atomic E-state index is 0.0680. The second-order valence-electron chi connectivity index (χ2n) is 3.99. The number of hydrogen-bond acceptors (Lipinski definition) is 3. The Bertz CT molecular complexity index is 401. The lowest BCUT2D eigenvalue weighted by atomic mass is 10.2. The molecular weight excluding hydrogens is 246 g/mol. The van der Waals surface area contributed by atoms with Crippen LogP contribution in [0.15, 0.2) is 41.3 Å². The maximum absolute atomic E-state index is 11.8. The monoisotopic (exact) mass is 265 g/mol. The van der Waals surface area contributed by atoms with Gasteiger partial charge in [0.2, 0.25) is 0 Å². The first-order valence-electron chi connectivity index (χ1n) is 5.78. The SMILES string of the molecule is C=C(C)COCCNC(=O)c1ccc(SC)cc1. The Hall–Kier alpha value is -1.26. The van der Waals surface area contributed by atoms with Crippen LogP contribution in [0, 0.1) is 0 Å². The zero-order valence-electron chi connectivity index (χ0n) is 10.9. The summed E-state index contributed by atoms with van der Waals surface area (Å²) in [5, 5.41) is 2.81. The molecule has 3 nitrogen and oxygen atoms in total. The molecule has 0 bridgehead atoms. The molecule has 0 aromatic heterocycles.